The molecule has 0 N–H and O–H groups in total. The van der Waals surface area contributed by atoms with Gasteiger partial charge in [-0.2, -0.15) is 0 Å². The summed E-state index contributed by atoms with van der Waals surface area (Å²) in [5.74, 6) is 3.58. The zero-order valence-electron chi connectivity index (χ0n) is 11.7. The van der Waals surface area contributed by atoms with E-state index in [2.05, 4.69) is 27.7 Å². The number of rotatable bonds is 8. The van der Waals surface area contributed by atoms with Gasteiger partial charge in [0.1, 0.15) is 0 Å². The van der Waals surface area contributed by atoms with E-state index in [0.717, 1.165) is 36.9 Å². The zero-order valence-corrected chi connectivity index (χ0v) is 11.7. The second-order valence-corrected chi connectivity index (χ2v) is 6.44. The van der Waals surface area contributed by atoms with Crippen molar-refractivity contribution in [2.75, 3.05) is 13.2 Å². The first-order valence-corrected chi connectivity index (χ1v) is 7.15. The van der Waals surface area contributed by atoms with E-state index in [1.54, 1.807) is 0 Å². The van der Waals surface area contributed by atoms with E-state index >= 15 is 0 Å². The fourth-order valence-corrected chi connectivity index (χ4v) is 2.71. The minimum absolute atomic E-state index is 0.822. The summed E-state index contributed by atoms with van der Waals surface area (Å²) >= 11 is 0. The van der Waals surface area contributed by atoms with Crippen LogP contribution in [-0.4, -0.2) is 13.2 Å². The highest BCUT2D eigenvalue weighted by molar-refractivity contribution is 4.79. The first-order chi connectivity index (χ1) is 7.58. The Kier molecular flexibility index (Phi) is 6.41. The Labute approximate surface area is 102 Å². The van der Waals surface area contributed by atoms with Gasteiger partial charge < -0.3 is 4.74 Å². The second-order valence-electron chi connectivity index (χ2n) is 6.44. The summed E-state index contributed by atoms with van der Waals surface area (Å²) in [7, 11) is 0. The lowest BCUT2D eigenvalue weighted by molar-refractivity contribution is 0.0352. The molecule has 16 heavy (non-hydrogen) atoms. The summed E-state index contributed by atoms with van der Waals surface area (Å²) in [5, 5.41) is 0. The molecule has 1 nitrogen and oxygen atoms in total. The lowest BCUT2D eigenvalue weighted by Gasteiger charge is -2.36. The van der Waals surface area contributed by atoms with Crippen LogP contribution in [0.1, 0.15) is 59.8 Å². The Balaban J connectivity index is 1.86. The SMILES string of the molecule is CC(C)CCCOCC1CC(CC(C)C)C1. The third kappa shape index (κ3) is 5.89. The molecule has 0 heterocycles. The van der Waals surface area contributed by atoms with Gasteiger partial charge in [-0.3, -0.25) is 0 Å². The van der Waals surface area contributed by atoms with Crippen LogP contribution < -0.4 is 0 Å². The van der Waals surface area contributed by atoms with Crippen LogP contribution in [0.2, 0.25) is 0 Å². The van der Waals surface area contributed by atoms with Gasteiger partial charge in [-0.1, -0.05) is 27.7 Å². The van der Waals surface area contributed by atoms with Crippen molar-refractivity contribution in [3.63, 3.8) is 0 Å². The molecule has 0 aromatic heterocycles. The molecular formula is C15H30O. The molecule has 0 aliphatic heterocycles. The molecule has 1 rings (SSSR count). The summed E-state index contributed by atoms with van der Waals surface area (Å²) in [6, 6.07) is 0. The van der Waals surface area contributed by atoms with Gasteiger partial charge in [0.2, 0.25) is 0 Å². The minimum atomic E-state index is 0.822. The molecular weight excluding hydrogens is 196 g/mol. The van der Waals surface area contributed by atoms with Crippen LogP contribution in [0.15, 0.2) is 0 Å². The first kappa shape index (κ1) is 14.0. The molecule has 0 bridgehead atoms. The smallest absolute Gasteiger partial charge is 0.0494 e. The average molecular weight is 226 g/mol. The first-order valence-electron chi connectivity index (χ1n) is 7.15. The molecule has 1 saturated carbocycles. The van der Waals surface area contributed by atoms with Gasteiger partial charge in [0.05, 0.1) is 0 Å². The Bertz CT molecular complexity index is 168. The molecule has 1 heteroatoms. The maximum atomic E-state index is 5.74. The quantitative estimate of drug-likeness (QED) is 0.553. The van der Waals surface area contributed by atoms with E-state index in [0.29, 0.717) is 0 Å². The molecule has 0 aromatic carbocycles. The Hall–Kier alpha value is -0.0400. The van der Waals surface area contributed by atoms with E-state index in [-0.39, 0.29) is 0 Å². The Morgan fingerprint density at radius 1 is 1.00 bits per heavy atom. The normalized spacial score (nSPS) is 25.1. The van der Waals surface area contributed by atoms with Gasteiger partial charge in [-0.25, -0.2) is 0 Å². The van der Waals surface area contributed by atoms with Gasteiger partial charge in [0.15, 0.2) is 0 Å². The third-order valence-corrected chi connectivity index (χ3v) is 3.56. The van der Waals surface area contributed by atoms with Gasteiger partial charge >= 0.3 is 0 Å². The molecule has 1 aliphatic carbocycles. The van der Waals surface area contributed by atoms with Crippen molar-refractivity contribution < 1.29 is 4.74 Å². The number of ether oxygens (including phenoxy) is 1. The van der Waals surface area contributed by atoms with Crippen molar-refractivity contribution in [1.29, 1.82) is 0 Å². The highest BCUT2D eigenvalue weighted by Gasteiger charge is 2.29. The van der Waals surface area contributed by atoms with Gasteiger partial charge in [-0.05, 0) is 55.8 Å². The van der Waals surface area contributed by atoms with E-state index in [1.807, 2.05) is 0 Å². The van der Waals surface area contributed by atoms with E-state index < -0.39 is 0 Å². The van der Waals surface area contributed by atoms with Crippen LogP contribution in [0, 0.1) is 23.7 Å². The average Bonchev–Trinajstić information content (AvgIpc) is 2.11. The monoisotopic (exact) mass is 226 g/mol. The Morgan fingerprint density at radius 2 is 1.69 bits per heavy atom. The van der Waals surface area contributed by atoms with Gasteiger partial charge in [0, 0.05) is 13.2 Å². The fourth-order valence-electron chi connectivity index (χ4n) is 2.71. The molecule has 0 spiro atoms. The van der Waals surface area contributed by atoms with Crippen molar-refractivity contribution in [3.8, 4) is 0 Å². The standard InChI is InChI=1S/C15H30O/c1-12(2)6-5-7-16-11-15-9-14(10-15)8-13(3)4/h12-15H,5-11H2,1-4H3. The zero-order chi connectivity index (χ0) is 12.0. The van der Waals surface area contributed by atoms with E-state index in [9.17, 15) is 0 Å². The van der Waals surface area contributed by atoms with Gasteiger partial charge in [-0.15, -0.1) is 0 Å². The maximum absolute atomic E-state index is 5.74. The lowest BCUT2D eigenvalue weighted by Crippen LogP contribution is -2.28. The van der Waals surface area contributed by atoms with Crippen LogP contribution in [-0.2, 0) is 4.74 Å². The molecule has 1 fully saturated rings. The number of hydrogen-bond acceptors (Lipinski definition) is 1. The molecule has 0 aromatic rings. The van der Waals surface area contributed by atoms with E-state index in [4.69, 9.17) is 4.74 Å². The predicted molar refractivity (Wildman–Crippen MR) is 70.6 cm³/mol. The van der Waals surface area contributed by atoms with Crippen LogP contribution in [0.3, 0.4) is 0 Å². The molecule has 1 aliphatic rings. The van der Waals surface area contributed by atoms with E-state index in [1.165, 1.54) is 32.1 Å². The molecule has 0 radical (unpaired) electrons. The van der Waals surface area contributed by atoms with Crippen molar-refractivity contribution in [2.24, 2.45) is 23.7 Å². The summed E-state index contributed by atoms with van der Waals surface area (Å²) in [6.45, 7) is 11.2. The Morgan fingerprint density at radius 3 is 2.25 bits per heavy atom. The van der Waals surface area contributed by atoms with Crippen LogP contribution in [0.25, 0.3) is 0 Å². The van der Waals surface area contributed by atoms with Crippen LogP contribution in [0.5, 0.6) is 0 Å². The molecule has 0 amide bonds. The van der Waals surface area contributed by atoms with Crippen molar-refractivity contribution in [1.82, 2.24) is 0 Å². The van der Waals surface area contributed by atoms with Crippen LogP contribution >= 0.6 is 0 Å². The predicted octanol–water partition coefficient (Wildman–Crippen LogP) is 4.51. The maximum Gasteiger partial charge on any atom is 0.0494 e. The van der Waals surface area contributed by atoms with Gasteiger partial charge in [0.25, 0.3) is 0 Å². The summed E-state index contributed by atoms with van der Waals surface area (Å²) < 4.78 is 5.74. The molecule has 96 valence electrons. The topological polar surface area (TPSA) is 9.23 Å². The summed E-state index contributed by atoms with van der Waals surface area (Å²) in [5.41, 5.74) is 0. The molecule has 0 saturated heterocycles. The lowest BCUT2D eigenvalue weighted by atomic mass is 9.72. The summed E-state index contributed by atoms with van der Waals surface area (Å²) in [6.07, 6.45) is 6.80. The van der Waals surface area contributed by atoms with Crippen molar-refractivity contribution in [2.45, 2.75) is 59.8 Å². The van der Waals surface area contributed by atoms with Crippen molar-refractivity contribution in [3.05, 3.63) is 0 Å². The highest BCUT2D eigenvalue weighted by Crippen LogP contribution is 2.37. The van der Waals surface area contributed by atoms with Crippen molar-refractivity contribution >= 4 is 0 Å². The minimum Gasteiger partial charge on any atom is -0.381 e. The number of hydrogen-bond donors (Lipinski definition) is 0. The molecule has 0 atom stereocenters. The third-order valence-electron chi connectivity index (χ3n) is 3.56. The highest BCUT2D eigenvalue weighted by atomic mass is 16.5. The van der Waals surface area contributed by atoms with Crippen LogP contribution in [0.4, 0.5) is 0 Å². The second kappa shape index (κ2) is 7.32. The largest absolute Gasteiger partial charge is 0.381 e. The summed E-state index contributed by atoms with van der Waals surface area (Å²) in [4.78, 5) is 0. The fraction of sp³-hybridized carbons (Fsp3) is 1.00. The molecule has 0 unspecified atom stereocenters.